The number of rotatable bonds is 1. The van der Waals surface area contributed by atoms with Gasteiger partial charge in [0, 0.05) is 0 Å². The average Bonchev–Trinajstić information content (AvgIpc) is 2.16. The minimum Gasteiger partial charge on any atom is -0.478 e. The molecule has 0 saturated heterocycles. The molecule has 2 N–H and O–H groups in total. The standard InChI is InChI=1S/C11H12O3/c12-8-4-5-9-7(6-8)2-1-3-10(9)11(13)14/h1-3,8,12H,4-6H2,(H,13,14). The summed E-state index contributed by atoms with van der Waals surface area (Å²) in [6, 6.07) is 5.25. The van der Waals surface area contributed by atoms with Crippen molar-refractivity contribution >= 4 is 5.97 Å². The van der Waals surface area contributed by atoms with Crippen LogP contribution in [0.15, 0.2) is 18.2 Å². The van der Waals surface area contributed by atoms with E-state index in [1.807, 2.05) is 6.07 Å². The molecule has 0 saturated carbocycles. The van der Waals surface area contributed by atoms with Gasteiger partial charge in [-0.25, -0.2) is 4.79 Å². The first-order valence-electron chi connectivity index (χ1n) is 4.70. The maximum Gasteiger partial charge on any atom is 0.335 e. The minimum atomic E-state index is -0.877. The molecule has 2 rings (SSSR count). The second kappa shape index (κ2) is 3.42. The third-order valence-corrected chi connectivity index (χ3v) is 2.69. The van der Waals surface area contributed by atoms with Gasteiger partial charge in [0.1, 0.15) is 0 Å². The van der Waals surface area contributed by atoms with Crippen LogP contribution in [0.4, 0.5) is 0 Å². The Morgan fingerprint density at radius 2 is 2.21 bits per heavy atom. The highest BCUT2D eigenvalue weighted by Crippen LogP contribution is 2.24. The first kappa shape index (κ1) is 9.21. The quantitative estimate of drug-likeness (QED) is 0.703. The van der Waals surface area contributed by atoms with E-state index in [-0.39, 0.29) is 6.10 Å². The summed E-state index contributed by atoms with van der Waals surface area (Å²) in [7, 11) is 0. The topological polar surface area (TPSA) is 57.5 Å². The summed E-state index contributed by atoms with van der Waals surface area (Å²) in [6.45, 7) is 0. The normalized spacial score (nSPS) is 20.2. The Balaban J connectivity index is 2.46. The van der Waals surface area contributed by atoms with Crippen molar-refractivity contribution in [2.45, 2.75) is 25.4 Å². The number of fused-ring (bicyclic) bond motifs is 1. The van der Waals surface area contributed by atoms with Gasteiger partial charge in [-0.2, -0.15) is 0 Å². The monoisotopic (exact) mass is 192 g/mol. The molecule has 14 heavy (non-hydrogen) atoms. The number of hydrogen-bond acceptors (Lipinski definition) is 2. The van der Waals surface area contributed by atoms with Crippen molar-refractivity contribution < 1.29 is 15.0 Å². The number of aliphatic hydroxyl groups excluding tert-OH is 1. The van der Waals surface area contributed by atoms with Crippen LogP contribution in [-0.4, -0.2) is 22.3 Å². The van der Waals surface area contributed by atoms with Crippen LogP contribution < -0.4 is 0 Å². The molecule has 0 spiro atoms. The van der Waals surface area contributed by atoms with E-state index in [2.05, 4.69) is 0 Å². The van der Waals surface area contributed by atoms with Gasteiger partial charge in [0.05, 0.1) is 11.7 Å². The summed E-state index contributed by atoms with van der Waals surface area (Å²) in [4.78, 5) is 10.9. The van der Waals surface area contributed by atoms with E-state index >= 15 is 0 Å². The predicted octanol–water partition coefficient (Wildman–Crippen LogP) is 1.23. The van der Waals surface area contributed by atoms with Gasteiger partial charge in [-0.15, -0.1) is 0 Å². The zero-order valence-electron chi connectivity index (χ0n) is 7.73. The molecule has 0 heterocycles. The molecule has 1 aromatic rings. The third kappa shape index (κ3) is 1.51. The lowest BCUT2D eigenvalue weighted by atomic mass is 9.87. The summed E-state index contributed by atoms with van der Waals surface area (Å²) >= 11 is 0. The van der Waals surface area contributed by atoms with Crippen LogP contribution in [-0.2, 0) is 12.8 Å². The molecule has 0 aliphatic heterocycles. The van der Waals surface area contributed by atoms with Crippen molar-refractivity contribution in [2.75, 3.05) is 0 Å². The number of aromatic carboxylic acids is 1. The van der Waals surface area contributed by atoms with Gasteiger partial charge in [-0.3, -0.25) is 0 Å². The zero-order chi connectivity index (χ0) is 10.1. The molecule has 0 bridgehead atoms. The van der Waals surface area contributed by atoms with Crippen LogP contribution in [0, 0.1) is 0 Å². The van der Waals surface area contributed by atoms with Crippen LogP contribution in [0.1, 0.15) is 27.9 Å². The van der Waals surface area contributed by atoms with Crippen LogP contribution in [0.5, 0.6) is 0 Å². The molecule has 1 aliphatic rings. The SMILES string of the molecule is O=C(O)c1cccc2c1CCC(O)C2. The fourth-order valence-electron chi connectivity index (χ4n) is 1.99. The number of hydrogen-bond donors (Lipinski definition) is 2. The molecule has 3 nitrogen and oxygen atoms in total. The largest absolute Gasteiger partial charge is 0.478 e. The van der Waals surface area contributed by atoms with Crippen LogP contribution >= 0.6 is 0 Å². The third-order valence-electron chi connectivity index (χ3n) is 2.69. The van der Waals surface area contributed by atoms with E-state index in [0.717, 1.165) is 11.1 Å². The van der Waals surface area contributed by atoms with Gasteiger partial charge in [0.25, 0.3) is 0 Å². The van der Waals surface area contributed by atoms with Gasteiger partial charge in [0.15, 0.2) is 0 Å². The fourth-order valence-corrected chi connectivity index (χ4v) is 1.99. The first-order valence-corrected chi connectivity index (χ1v) is 4.70. The van der Waals surface area contributed by atoms with Gasteiger partial charge < -0.3 is 10.2 Å². The maximum atomic E-state index is 10.9. The van der Waals surface area contributed by atoms with Crippen LogP contribution in [0.2, 0.25) is 0 Å². The van der Waals surface area contributed by atoms with Crippen LogP contribution in [0.25, 0.3) is 0 Å². The van der Waals surface area contributed by atoms with Crippen molar-refractivity contribution in [3.05, 3.63) is 34.9 Å². The van der Waals surface area contributed by atoms with Gasteiger partial charge in [-0.1, -0.05) is 12.1 Å². The maximum absolute atomic E-state index is 10.9. The molecule has 1 aromatic carbocycles. The summed E-state index contributed by atoms with van der Waals surface area (Å²) < 4.78 is 0. The van der Waals surface area contributed by atoms with Gasteiger partial charge >= 0.3 is 5.97 Å². The highest BCUT2D eigenvalue weighted by Gasteiger charge is 2.20. The average molecular weight is 192 g/mol. The summed E-state index contributed by atoms with van der Waals surface area (Å²) in [6.07, 6.45) is 1.60. The molecule has 0 fully saturated rings. The molecule has 1 aliphatic carbocycles. The molecular weight excluding hydrogens is 180 g/mol. The Hall–Kier alpha value is -1.35. The molecule has 1 unspecified atom stereocenters. The molecular formula is C11H12O3. The number of carbonyl (C=O) groups is 1. The highest BCUT2D eigenvalue weighted by atomic mass is 16.4. The molecule has 1 atom stereocenters. The van der Waals surface area contributed by atoms with Crippen molar-refractivity contribution in [1.29, 1.82) is 0 Å². The Kier molecular flexibility index (Phi) is 2.25. The number of benzene rings is 1. The second-order valence-corrected chi connectivity index (χ2v) is 3.65. The first-order chi connectivity index (χ1) is 6.68. The van der Waals surface area contributed by atoms with E-state index in [1.165, 1.54) is 0 Å². The lowest BCUT2D eigenvalue weighted by molar-refractivity contribution is 0.0693. The summed E-state index contributed by atoms with van der Waals surface area (Å²) in [5, 5.41) is 18.4. The van der Waals surface area contributed by atoms with E-state index < -0.39 is 5.97 Å². The Labute approximate surface area is 82.0 Å². The number of aliphatic hydroxyl groups is 1. The fraction of sp³-hybridized carbons (Fsp3) is 0.364. The van der Waals surface area contributed by atoms with E-state index in [9.17, 15) is 9.90 Å². The predicted molar refractivity (Wildman–Crippen MR) is 51.4 cm³/mol. The number of carboxylic acid groups (broad SMARTS) is 1. The zero-order valence-corrected chi connectivity index (χ0v) is 7.73. The summed E-state index contributed by atoms with van der Waals surface area (Å²) in [5.41, 5.74) is 2.25. The van der Waals surface area contributed by atoms with Crippen LogP contribution in [0.3, 0.4) is 0 Å². The smallest absolute Gasteiger partial charge is 0.335 e. The van der Waals surface area contributed by atoms with Gasteiger partial charge in [-0.05, 0) is 36.5 Å². The van der Waals surface area contributed by atoms with Crippen molar-refractivity contribution in [3.63, 3.8) is 0 Å². The number of carboxylic acids is 1. The molecule has 3 heteroatoms. The van der Waals surface area contributed by atoms with Crippen molar-refractivity contribution in [2.24, 2.45) is 0 Å². The van der Waals surface area contributed by atoms with E-state index in [0.29, 0.717) is 24.8 Å². The molecule has 0 aromatic heterocycles. The second-order valence-electron chi connectivity index (χ2n) is 3.65. The van der Waals surface area contributed by atoms with E-state index in [1.54, 1.807) is 12.1 Å². The summed E-state index contributed by atoms with van der Waals surface area (Å²) in [5.74, 6) is -0.877. The lowest BCUT2D eigenvalue weighted by Gasteiger charge is -2.21. The Bertz CT molecular complexity index is 371. The Morgan fingerprint density at radius 1 is 1.43 bits per heavy atom. The highest BCUT2D eigenvalue weighted by molar-refractivity contribution is 5.89. The lowest BCUT2D eigenvalue weighted by Crippen LogP contribution is -2.20. The van der Waals surface area contributed by atoms with E-state index in [4.69, 9.17) is 5.11 Å². The Morgan fingerprint density at radius 3 is 2.93 bits per heavy atom. The van der Waals surface area contributed by atoms with Crippen molar-refractivity contribution in [1.82, 2.24) is 0 Å². The molecule has 0 radical (unpaired) electrons. The molecule has 74 valence electrons. The van der Waals surface area contributed by atoms with Gasteiger partial charge in [0.2, 0.25) is 0 Å². The minimum absolute atomic E-state index is 0.313. The molecule has 0 amide bonds. The van der Waals surface area contributed by atoms with Crippen molar-refractivity contribution in [3.8, 4) is 0 Å².